The summed E-state index contributed by atoms with van der Waals surface area (Å²) in [6.07, 6.45) is 0. The first-order valence-corrected chi connectivity index (χ1v) is 5.72. The van der Waals surface area contributed by atoms with Gasteiger partial charge in [-0.3, -0.25) is 4.79 Å². The average Bonchev–Trinajstić information content (AvgIpc) is 2.57. The predicted octanol–water partition coefficient (Wildman–Crippen LogP) is 2.95. The standard InChI is InChI=1S/C12H11BrN2O/c1-8-11(13)9(2)15(14-8)12(16)10-6-4-3-5-7-10/h3-7H,1-2H3. The molecule has 0 radical (unpaired) electrons. The van der Waals surface area contributed by atoms with Gasteiger partial charge in [0, 0.05) is 5.56 Å². The van der Waals surface area contributed by atoms with Crippen molar-refractivity contribution in [3.63, 3.8) is 0 Å². The molecule has 0 aliphatic carbocycles. The molecule has 0 N–H and O–H groups in total. The van der Waals surface area contributed by atoms with E-state index in [1.165, 1.54) is 4.68 Å². The van der Waals surface area contributed by atoms with Crippen molar-refractivity contribution in [1.82, 2.24) is 9.78 Å². The third kappa shape index (κ3) is 1.80. The van der Waals surface area contributed by atoms with Crippen LogP contribution < -0.4 is 0 Å². The molecule has 0 saturated carbocycles. The molecule has 0 aliphatic heterocycles. The van der Waals surface area contributed by atoms with Crippen molar-refractivity contribution in [1.29, 1.82) is 0 Å². The highest BCUT2D eigenvalue weighted by atomic mass is 79.9. The largest absolute Gasteiger partial charge is 0.278 e. The van der Waals surface area contributed by atoms with E-state index in [9.17, 15) is 4.79 Å². The van der Waals surface area contributed by atoms with Crippen LogP contribution in [0.5, 0.6) is 0 Å². The zero-order valence-electron chi connectivity index (χ0n) is 9.07. The maximum Gasteiger partial charge on any atom is 0.278 e. The number of hydrogen-bond donors (Lipinski definition) is 0. The minimum absolute atomic E-state index is 0.105. The number of carbonyl (C=O) groups is 1. The van der Waals surface area contributed by atoms with E-state index in [1.54, 1.807) is 12.1 Å². The molecule has 4 heteroatoms. The molecule has 1 aromatic carbocycles. The van der Waals surface area contributed by atoms with Crippen LogP contribution in [0.3, 0.4) is 0 Å². The zero-order valence-corrected chi connectivity index (χ0v) is 10.7. The molecule has 16 heavy (non-hydrogen) atoms. The van der Waals surface area contributed by atoms with Gasteiger partial charge in [0.2, 0.25) is 0 Å². The Morgan fingerprint density at radius 3 is 2.38 bits per heavy atom. The highest BCUT2D eigenvalue weighted by Gasteiger charge is 2.15. The molecule has 2 rings (SSSR count). The molecule has 0 atom stereocenters. The zero-order chi connectivity index (χ0) is 11.7. The van der Waals surface area contributed by atoms with Crippen molar-refractivity contribution in [2.24, 2.45) is 0 Å². The normalized spacial score (nSPS) is 10.4. The van der Waals surface area contributed by atoms with Crippen LogP contribution in [0.4, 0.5) is 0 Å². The van der Waals surface area contributed by atoms with Gasteiger partial charge in [0.25, 0.3) is 5.91 Å². The number of halogens is 1. The lowest BCUT2D eigenvalue weighted by Crippen LogP contribution is -2.15. The molecule has 0 amide bonds. The highest BCUT2D eigenvalue weighted by Crippen LogP contribution is 2.20. The van der Waals surface area contributed by atoms with E-state index in [0.717, 1.165) is 15.9 Å². The second-order valence-electron chi connectivity index (χ2n) is 3.57. The summed E-state index contributed by atoms with van der Waals surface area (Å²) in [4.78, 5) is 12.1. The number of carbonyl (C=O) groups excluding carboxylic acids is 1. The van der Waals surface area contributed by atoms with E-state index >= 15 is 0 Å². The van der Waals surface area contributed by atoms with E-state index < -0.39 is 0 Å². The molecule has 3 nitrogen and oxygen atoms in total. The summed E-state index contributed by atoms with van der Waals surface area (Å²) in [5, 5.41) is 4.21. The molecule has 0 fully saturated rings. The van der Waals surface area contributed by atoms with Gasteiger partial charge in [0.15, 0.2) is 0 Å². The van der Waals surface area contributed by atoms with Crippen LogP contribution in [0.15, 0.2) is 34.8 Å². The van der Waals surface area contributed by atoms with Crippen LogP contribution in [0.25, 0.3) is 0 Å². The fourth-order valence-electron chi connectivity index (χ4n) is 1.52. The van der Waals surface area contributed by atoms with Gasteiger partial charge in [-0.15, -0.1) is 0 Å². The van der Waals surface area contributed by atoms with Crippen molar-refractivity contribution in [3.05, 3.63) is 51.8 Å². The minimum Gasteiger partial charge on any atom is -0.267 e. The van der Waals surface area contributed by atoms with Crippen LogP contribution in [-0.2, 0) is 0 Å². The molecule has 0 aliphatic rings. The van der Waals surface area contributed by atoms with Crippen molar-refractivity contribution in [2.75, 3.05) is 0 Å². The Kier molecular flexibility index (Phi) is 2.92. The van der Waals surface area contributed by atoms with Gasteiger partial charge in [-0.1, -0.05) is 18.2 Å². The Bertz CT molecular complexity index is 531. The van der Waals surface area contributed by atoms with E-state index in [1.807, 2.05) is 32.0 Å². The van der Waals surface area contributed by atoms with Crippen LogP contribution >= 0.6 is 15.9 Å². The van der Waals surface area contributed by atoms with Crippen LogP contribution in [0, 0.1) is 13.8 Å². The summed E-state index contributed by atoms with van der Waals surface area (Å²) in [6.45, 7) is 3.73. The second kappa shape index (κ2) is 4.22. The molecular formula is C12H11BrN2O. The van der Waals surface area contributed by atoms with Gasteiger partial charge in [-0.2, -0.15) is 9.78 Å². The topological polar surface area (TPSA) is 34.9 Å². The summed E-state index contributed by atoms with van der Waals surface area (Å²) in [5.74, 6) is -0.105. The maximum absolute atomic E-state index is 12.1. The molecule has 2 aromatic rings. The van der Waals surface area contributed by atoms with Crippen LogP contribution in [-0.4, -0.2) is 15.7 Å². The Hall–Kier alpha value is -1.42. The third-order valence-corrected chi connectivity index (χ3v) is 3.56. The number of aryl methyl sites for hydroxylation is 1. The lowest BCUT2D eigenvalue weighted by molar-refractivity contribution is 0.0942. The van der Waals surface area contributed by atoms with Crippen molar-refractivity contribution in [2.45, 2.75) is 13.8 Å². The summed E-state index contributed by atoms with van der Waals surface area (Å²) >= 11 is 3.41. The molecule has 1 heterocycles. The third-order valence-electron chi connectivity index (χ3n) is 2.42. The lowest BCUT2D eigenvalue weighted by Gasteiger charge is -2.02. The van der Waals surface area contributed by atoms with Crippen molar-refractivity contribution < 1.29 is 4.79 Å². The lowest BCUT2D eigenvalue weighted by atomic mass is 10.2. The van der Waals surface area contributed by atoms with E-state index in [-0.39, 0.29) is 5.91 Å². The fraction of sp³-hybridized carbons (Fsp3) is 0.167. The summed E-state index contributed by atoms with van der Waals surface area (Å²) < 4.78 is 2.31. The quantitative estimate of drug-likeness (QED) is 0.804. The highest BCUT2D eigenvalue weighted by molar-refractivity contribution is 9.10. The first-order chi connectivity index (χ1) is 7.61. The summed E-state index contributed by atoms with van der Waals surface area (Å²) in [5.41, 5.74) is 2.29. The van der Waals surface area contributed by atoms with Gasteiger partial charge in [0.1, 0.15) is 0 Å². The van der Waals surface area contributed by atoms with Crippen LogP contribution in [0.1, 0.15) is 21.7 Å². The van der Waals surface area contributed by atoms with Gasteiger partial charge < -0.3 is 0 Å². The smallest absolute Gasteiger partial charge is 0.267 e. The average molecular weight is 279 g/mol. The number of nitrogens with zero attached hydrogens (tertiary/aromatic N) is 2. The first-order valence-electron chi connectivity index (χ1n) is 4.92. The predicted molar refractivity (Wildman–Crippen MR) is 65.6 cm³/mol. The van der Waals surface area contributed by atoms with Crippen molar-refractivity contribution >= 4 is 21.8 Å². The molecule has 0 saturated heterocycles. The molecule has 82 valence electrons. The Morgan fingerprint density at radius 1 is 1.25 bits per heavy atom. The van der Waals surface area contributed by atoms with Crippen LogP contribution in [0.2, 0.25) is 0 Å². The van der Waals surface area contributed by atoms with E-state index in [2.05, 4.69) is 21.0 Å². The fourth-order valence-corrected chi connectivity index (χ4v) is 1.77. The SMILES string of the molecule is Cc1nn(C(=O)c2ccccc2)c(C)c1Br. The Balaban J connectivity index is 2.46. The Labute approximate surface area is 102 Å². The van der Waals surface area contributed by atoms with Crippen molar-refractivity contribution in [3.8, 4) is 0 Å². The maximum atomic E-state index is 12.1. The van der Waals surface area contributed by atoms with Gasteiger partial charge in [0.05, 0.1) is 15.9 Å². The summed E-state index contributed by atoms with van der Waals surface area (Å²) in [7, 11) is 0. The second-order valence-corrected chi connectivity index (χ2v) is 4.36. The molecule has 1 aromatic heterocycles. The van der Waals surface area contributed by atoms with Gasteiger partial charge in [-0.05, 0) is 41.9 Å². The first kappa shape index (κ1) is 11.1. The molecule has 0 bridgehead atoms. The number of aromatic nitrogens is 2. The molecule has 0 unspecified atom stereocenters. The monoisotopic (exact) mass is 278 g/mol. The molecular weight excluding hydrogens is 268 g/mol. The van der Waals surface area contributed by atoms with E-state index in [4.69, 9.17) is 0 Å². The summed E-state index contributed by atoms with van der Waals surface area (Å²) in [6, 6.07) is 9.13. The minimum atomic E-state index is -0.105. The Morgan fingerprint density at radius 2 is 1.88 bits per heavy atom. The molecule has 0 spiro atoms. The van der Waals surface area contributed by atoms with E-state index in [0.29, 0.717) is 5.56 Å². The van der Waals surface area contributed by atoms with Gasteiger partial charge >= 0.3 is 0 Å². The number of rotatable bonds is 1. The van der Waals surface area contributed by atoms with Gasteiger partial charge in [-0.25, -0.2) is 0 Å². The number of hydrogen-bond acceptors (Lipinski definition) is 2. The number of benzene rings is 1.